The zero-order chi connectivity index (χ0) is 20.2. The maximum atomic E-state index is 12.5. The molecule has 0 aromatic heterocycles. The molecule has 0 unspecified atom stereocenters. The number of ether oxygens (including phenoxy) is 1. The van der Waals surface area contributed by atoms with Gasteiger partial charge < -0.3 is 9.64 Å². The standard InChI is InChI=1S/C20H23ClN2O4S2/c21-14-3-5-15(6-4-14)27-9-19(24)22-20-23(16-8-12-1-2-13(16)7-12)17-10-29(25,26)11-18(17)28-20/h3-6,12-13,16-18H,1-2,7-11H2/t12-,13-,16+,17-,18+/m0/s1. The quantitative estimate of drug-likeness (QED) is 0.696. The van der Waals surface area contributed by atoms with Crippen LogP contribution in [0.15, 0.2) is 29.3 Å². The van der Waals surface area contributed by atoms with E-state index in [0.29, 0.717) is 27.9 Å². The number of fused-ring (bicyclic) bond motifs is 3. The van der Waals surface area contributed by atoms with E-state index in [9.17, 15) is 13.2 Å². The highest BCUT2D eigenvalue weighted by molar-refractivity contribution is 8.15. The van der Waals surface area contributed by atoms with Gasteiger partial charge in [-0.15, -0.1) is 0 Å². The lowest BCUT2D eigenvalue weighted by atomic mass is 9.93. The predicted octanol–water partition coefficient (Wildman–Crippen LogP) is 3.00. The molecular weight excluding hydrogens is 432 g/mol. The Hall–Kier alpha value is -1.25. The molecule has 156 valence electrons. The number of hydrogen-bond acceptors (Lipinski definition) is 5. The second-order valence-corrected chi connectivity index (χ2v) is 12.3. The van der Waals surface area contributed by atoms with E-state index in [1.807, 2.05) is 0 Å². The van der Waals surface area contributed by atoms with Crippen molar-refractivity contribution in [2.45, 2.75) is 43.0 Å². The molecule has 4 aliphatic rings. The van der Waals surface area contributed by atoms with Gasteiger partial charge in [-0.25, -0.2) is 8.42 Å². The van der Waals surface area contributed by atoms with Gasteiger partial charge in [0.15, 0.2) is 21.6 Å². The maximum Gasteiger partial charge on any atom is 0.285 e. The summed E-state index contributed by atoms with van der Waals surface area (Å²) >= 11 is 7.32. The summed E-state index contributed by atoms with van der Waals surface area (Å²) in [4.78, 5) is 19.1. The van der Waals surface area contributed by atoms with Crippen molar-refractivity contribution in [2.24, 2.45) is 16.8 Å². The lowest BCUT2D eigenvalue weighted by molar-refractivity contribution is -0.119. The summed E-state index contributed by atoms with van der Waals surface area (Å²) in [7, 11) is -3.02. The zero-order valence-corrected chi connectivity index (χ0v) is 18.3. The van der Waals surface area contributed by atoms with E-state index in [1.54, 1.807) is 24.3 Å². The Morgan fingerprint density at radius 1 is 1.17 bits per heavy atom. The van der Waals surface area contributed by atoms with Crippen molar-refractivity contribution in [3.8, 4) is 5.75 Å². The second kappa shape index (κ2) is 7.46. The van der Waals surface area contributed by atoms with Crippen LogP contribution in [0.3, 0.4) is 0 Å². The molecule has 4 fully saturated rings. The summed E-state index contributed by atoms with van der Waals surface area (Å²) in [5.74, 6) is 1.89. The van der Waals surface area contributed by atoms with Crippen LogP contribution in [-0.2, 0) is 14.6 Å². The number of amides is 1. The Labute approximate surface area is 179 Å². The third kappa shape index (κ3) is 3.91. The number of rotatable bonds is 4. The fourth-order valence-electron chi connectivity index (χ4n) is 5.35. The van der Waals surface area contributed by atoms with Gasteiger partial charge in [0.2, 0.25) is 0 Å². The number of halogens is 1. The fourth-order valence-corrected chi connectivity index (χ4v) is 9.46. The molecule has 2 saturated heterocycles. The number of sulfone groups is 1. The molecule has 9 heteroatoms. The van der Waals surface area contributed by atoms with Crippen molar-refractivity contribution in [3.05, 3.63) is 29.3 Å². The van der Waals surface area contributed by atoms with Crippen LogP contribution in [0.1, 0.15) is 25.7 Å². The SMILES string of the molecule is O=C(COc1ccc(Cl)cc1)N=C1S[C@@H]2CS(=O)(=O)C[C@@H]2N1[C@@H]1C[C@H]2CC[C@H]1C2. The van der Waals surface area contributed by atoms with Crippen LogP contribution in [-0.4, -0.2) is 59.8 Å². The van der Waals surface area contributed by atoms with Gasteiger partial charge in [-0.1, -0.05) is 29.8 Å². The number of benzene rings is 1. The number of amidine groups is 1. The number of aliphatic imine (C=N–C) groups is 1. The van der Waals surface area contributed by atoms with Crippen LogP contribution in [0.4, 0.5) is 0 Å². The third-order valence-electron chi connectivity index (χ3n) is 6.56. The van der Waals surface area contributed by atoms with Crippen LogP contribution in [0.25, 0.3) is 0 Å². The summed E-state index contributed by atoms with van der Waals surface area (Å²) in [5.41, 5.74) is 0. The van der Waals surface area contributed by atoms with Crippen LogP contribution in [0, 0.1) is 11.8 Å². The lowest BCUT2D eigenvalue weighted by Gasteiger charge is -2.36. The topological polar surface area (TPSA) is 76.0 Å². The molecule has 29 heavy (non-hydrogen) atoms. The summed E-state index contributed by atoms with van der Waals surface area (Å²) in [6.07, 6.45) is 4.77. The van der Waals surface area contributed by atoms with Crippen LogP contribution < -0.4 is 4.74 Å². The fraction of sp³-hybridized carbons (Fsp3) is 0.600. The average molecular weight is 455 g/mol. The number of nitrogens with zero attached hydrogens (tertiary/aromatic N) is 2. The highest BCUT2D eigenvalue weighted by atomic mass is 35.5. The number of carbonyl (C=O) groups is 1. The zero-order valence-electron chi connectivity index (χ0n) is 15.9. The molecule has 2 aliphatic heterocycles. The highest BCUT2D eigenvalue weighted by Gasteiger charge is 2.54. The van der Waals surface area contributed by atoms with Gasteiger partial charge in [-0.3, -0.25) is 4.79 Å². The Morgan fingerprint density at radius 2 is 1.97 bits per heavy atom. The van der Waals surface area contributed by atoms with Crippen molar-refractivity contribution in [2.75, 3.05) is 18.1 Å². The molecule has 1 amide bonds. The van der Waals surface area contributed by atoms with Gasteiger partial charge in [0.05, 0.1) is 17.5 Å². The molecule has 0 spiro atoms. The van der Waals surface area contributed by atoms with E-state index in [4.69, 9.17) is 16.3 Å². The first-order valence-corrected chi connectivity index (χ1v) is 13.1. The Kier molecular flexibility index (Phi) is 5.07. The van der Waals surface area contributed by atoms with Crippen LogP contribution in [0.5, 0.6) is 5.75 Å². The largest absolute Gasteiger partial charge is 0.484 e. The minimum Gasteiger partial charge on any atom is -0.484 e. The van der Waals surface area contributed by atoms with Crippen LogP contribution in [0.2, 0.25) is 5.02 Å². The van der Waals surface area contributed by atoms with E-state index in [-0.39, 0.29) is 35.3 Å². The summed E-state index contributed by atoms with van der Waals surface area (Å²) in [5, 5.41) is 1.27. The molecule has 5 atom stereocenters. The van der Waals surface area contributed by atoms with Crippen LogP contribution >= 0.6 is 23.4 Å². The maximum absolute atomic E-state index is 12.5. The first-order valence-electron chi connectivity index (χ1n) is 10.0. The lowest BCUT2D eigenvalue weighted by Crippen LogP contribution is -2.47. The van der Waals surface area contributed by atoms with Gasteiger partial charge in [-0.05, 0) is 55.4 Å². The Morgan fingerprint density at radius 3 is 2.66 bits per heavy atom. The van der Waals surface area contributed by atoms with Gasteiger partial charge in [-0.2, -0.15) is 4.99 Å². The first kappa shape index (κ1) is 19.7. The van der Waals surface area contributed by atoms with Crippen molar-refractivity contribution < 1.29 is 17.9 Å². The van der Waals surface area contributed by atoms with E-state index < -0.39 is 9.84 Å². The van der Waals surface area contributed by atoms with Crippen molar-refractivity contribution >= 4 is 44.3 Å². The monoisotopic (exact) mass is 454 g/mol. The molecule has 1 aromatic carbocycles. The van der Waals surface area contributed by atoms with E-state index in [1.165, 1.54) is 31.0 Å². The molecule has 2 saturated carbocycles. The Bertz CT molecular complexity index is 950. The minimum atomic E-state index is -3.02. The second-order valence-electron chi connectivity index (χ2n) is 8.48. The molecule has 0 N–H and O–H groups in total. The molecule has 2 aliphatic carbocycles. The van der Waals surface area contributed by atoms with Gasteiger partial charge in [0.25, 0.3) is 5.91 Å². The highest BCUT2D eigenvalue weighted by Crippen LogP contribution is 2.51. The molecule has 1 aromatic rings. The van der Waals surface area contributed by atoms with Gasteiger partial charge >= 0.3 is 0 Å². The molecule has 0 radical (unpaired) electrons. The van der Waals surface area contributed by atoms with E-state index >= 15 is 0 Å². The van der Waals surface area contributed by atoms with Gasteiger partial charge in [0, 0.05) is 16.3 Å². The number of carbonyl (C=O) groups excluding carboxylic acids is 1. The smallest absolute Gasteiger partial charge is 0.285 e. The van der Waals surface area contributed by atoms with E-state index in [2.05, 4.69) is 9.89 Å². The summed E-state index contributed by atoms with van der Waals surface area (Å²) in [6, 6.07) is 7.09. The van der Waals surface area contributed by atoms with E-state index in [0.717, 1.165) is 12.3 Å². The summed E-state index contributed by atoms with van der Waals surface area (Å²) in [6.45, 7) is -0.149. The molecule has 5 rings (SSSR count). The average Bonchev–Trinajstić information content (AvgIpc) is 3.41. The Balaban J connectivity index is 1.33. The molecule has 2 bridgehead atoms. The van der Waals surface area contributed by atoms with Crippen molar-refractivity contribution in [1.82, 2.24) is 4.90 Å². The van der Waals surface area contributed by atoms with Gasteiger partial charge in [0.1, 0.15) is 5.75 Å². The molecular formula is C20H23ClN2O4S2. The van der Waals surface area contributed by atoms with Crippen molar-refractivity contribution in [3.63, 3.8) is 0 Å². The third-order valence-corrected chi connectivity index (χ3v) is 10.0. The molecule has 2 heterocycles. The number of thioether (sulfide) groups is 1. The number of hydrogen-bond donors (Lipinski definition) is 0. The van der Waals surface area contributed by atoms with Crippen molar-refractivity contribution in [1.29, 1.82) is 0 Å². The molecule has 6 nitrogen and oxygen atoms in total. The first-order chi connectivity index (χ1) is 13.9. The predicted molar refractivity (Wildman–Crippen MR) is 114 cm³/mol. The summed E-state index contributed by atoms with van der Waals surface area (Å²) < 4.78 is 29.9. The normalized spacial score (nSPS) is 36.0. The minimum absolute atomic E-state index is 0.0251.